The summed E-state index contributed by atoms with van der Waals surface area (Å²) in [6.07, 6.45) is 0. The number of carbonyl (C=O) groups excluding carboxylic acids is 2. The fourth-order valence-corrected chi connectivity index (χ4v) is 4.68. The summed E-state index contributed by atoms with van der Waals surface area (Å²) >= 11 is 7.52. The van der Waals surface area contributed by atoms with Crippen molar-refractivity contribution in [2.75, 3.05) is 43.0 Å². The molecular weight excluding hydrogens is 470 g/mol. The van der Waals surface area contributed by atoms with Gasteiger partial charge in [-0.2, -0.15) is 0 Å². The van der Waals surface area contributed by atoms with Crippen LogP contribution in [-0.4, -0.2) is 49.5 Å². The van der Waals surface area contributed by atoms with Crippen molar-refractivity contribution in [2.24, 2.45) is 0 Å². The largest absolute Gasteiger partial charge is 0.484 e. The second kappa shape index (κ2) is 11.3. The van der Waals surface area contributed by atoms with Gasteiger partial charge in [0.1, 0.15) is 5.75 Å². The van der Waals surface area contributed by atoms with Crippen LogP contribution in [-0.2, 0) is 9.59 Å². The molecule has 176 valence electrons. The molecule has 2 amide bonds. The molecule has 1 aliphatic rings. The van der Waals surface area contributed by atoms with E-state index in [1.165, 1.54) is 0 Å². The Morgan fingerprint density at radius 3 is 2.29 bits per heavy atom. The molecule has 4 rings (SSSR count). The van der Waals surface area contributed by atoms with E-state index in [0.717, 1.165) is 47.3 Å². The number of benzene rings is 3. The Morgan fingerprint density at radius 1 is 0.941 bits per heavy atom. The second-order valence-corrected chi connectivity index (χ2v) is 9.43. The minimum atomic E-state index is -0.228. The topological polar surface area (TPSA) is 61.9 Å². The van der Waals surface area contributed by atoms with Crippen molar-refractivity contribution in [2.45, 2.75) is 16.7 Å². The highest BCUT2D eigenvalue weighted by Gasteiger charge is 2.18. The Kier molecular flexibility index (Phi) is 7.98. The standard InChI is InChI=1S/C26H26ClN3O3S/c1-19(31)29-14-16-30(17-15-29)21-8-10-22(11-9-21)33-18-26(32)28-24-4-2-3-5-25(24)34-23-12-6-20(27)7-13-23/h2-13H,14-18H2,1H3,(H,28,32). The number of ether oxygens (including phenoxy) is 1. The summed E-state index contributed by atoms with van der Waals surface area (Å²) in [4.78, 5) is 30.1. The van der Waals surface area contributed by atoms with Gasteiger partial charge in [0.2, 0.25) is 5.91 Å². The molecule has 0 unspecified atom stereocenters. The van der Waals surface area contributed by atoms with E-state index in [2.05, 4.69) is 10.2 Å². The molecule has 1 N–H and O–H groups in total. The predicted octanol–water partition coefficient (Wildman–Crippen LogP) is 5.18. The van der Waals surface area contributed by atoms with E-state index < -0.39 is 0 Å². The van der Waals surface area contributed by atoms with Crippen molar-refractivity contribution in [3.8, 4) is 5.75 Å². The molecule has 1 aliphatic heterocycles. The lowest BCUT2D eigenvalue weighted by atomic mass is 10.2. The lowest BCUT2D eigenvalue weighted by Crippen LogP contribution is -2.48. The molecule has 6 nitrogen and oxygen atoms in total. The van der Waals surface area contributed by atoms with Gasteiger partial charge < -0.3 is 19.9 Å². The third-order valence-corrected chi connectivity index (χ3v) is 6.84. The Labute approximate surface area is 208 Å². The summed E-state index contributed by atoms with van der Waals surface area (Å²) < 4.78 is 5.70. The number of hydrogen-bond acceptors (Lipinski definition) is 5. The third-order valence-electron chi connectivity index (χ3n) is 5.50. The molecule has 0 spiro atoms. The smallest absolute Gasteiger partial charge is 0.262 e. The molecule has 0 bridgehead atoms. The van der Waals surface area contributed by atoms with E-state index in [9.17, 15) is 9.59 Å². The Hall–Kier alpha value is -3.16. The quantitative estimate of drug-likeness (QED) is 0.489. The molecule has 3 aromatic carbocycles. The average molecular weight is 496 g/mol. The predicted molar refractivity (Wildman–Crippen MR) is 137 cm³/mol. The van der Waals surface area contributed by atoms with E-state index in [-0.39, 0.29) is 18.4 Å². The fraction of sp³-hybridized carbons (Fsp3) is 0.231. The number of carbonyl (C=O) groups is 2. The van der Waals surface area contributed by atoms with Crippen molar-refractivity contribution in [1.29, 1.82) is 0 Å². The van der Waals surface area contributed by atoms with Crippen LogP contribution in [0.15, 0.2) is 82.6 Å². The van der Waals surface area contributed by atoms with Gasteiger partial charge in [0.15, 0.2) is 6.61 Å². The van der Waals surface area contributed by atoms with Gasteiger partial charge in [-0.15, -0.1) is 0 Å². The van der Waals surface area contributed by atoms with E-state index in [0.29, 0.717) is 10.8 Å². The van der Waals surface area contributed by atoms with Gasteiger partial charge in [0.05, 0.1) is 5.69 Å². The molecule has 0 radical (unpaired) electrons. The highest BCUT2D eigenvalue weighted by molar-refractivity contribution is 7.99. The maximum atomic E-state index is 12.5. The number of rotatable bonds is 7. The number of halogens is 1. The Morgan fingerprint density at radius 2 is 1.62 bits per heavy atom. The van der Waals surface area contributed by atoms with Gasteiger partial charge in [-0.25, -0.2) is 0 Å². The summed E-state index contributed by atoms with van der Waals surface area (Å²) in [5, 5.41) is 3.62. The first-order chi connectivity index (χ1) is 16.5. The van der Waals surface area contributed by atoms with Gasteiger partial charge in [-0.1, -0.05) is 35.5 Å². The molecule has 3 aromatic rings. The minimum absolute atomic E-state index is 0.0867. The maximum absolute atomic E-state index is 12.5. The number of para-hydroxylation sites is 1. The second-order valence-electron chi connectivity index (χ2n) is 7.88. The molecule has 8 heteroatoms. The molecular formula is C26H26ClN3O3S. The van der Waals surface area contributed by atoms with Gasteiger partial charge in [0.25, 0.3) is 5.91 Å². The number of amides is 2. The lowest BCUT2D eigenvalue weighted by Gasteiger charge is -2.35. The molecule has 0 aromatic heterocycles. The summed E-state index contributed by atoms with van der Waals surface area (Å²) in [6, 6.07) is 22.9. The van der Waals surface area contributed by atoms with E-state index in [1.807, 2.05) is 77.7 Å². The summed E-state index contributed by atoms with van der Waals surface area (Å²) in [7, 11) is 0. The zero-order valence-corrected chi connectivity index (χ0v) is 20.4. The number of nitrogens with zero attached hydrogens (tertiary/aromatic N) is 2. The minimum Gasteiger partial charge on any atom is -0.484 e. The van der Waals surface area contributed by atoms with Gasteiger partial charge in [0, 0.05) is 53.6 Å². The first-order valence-corrected chi connectivity index (χ1v) is 12.2. The van der Waals surface area contributed by atoms with Crippen LogP contribution < -0.4 is 15.0 Å². The summed E-state index contributed by atoms with van der Waals surface area (Å²) in [5.41, 5.74) is 1.81. The van der Waals surface area contributed by atoms with Crippen molar-refractivity contribution in [3.05, 3.63) is 77.8 Å². The van der Waals surface area contributed by atoms with Gasteiger partial charge in [-0.3, -0.25) is 9.59 Å². The molecule has 0 aliphatic carbocycles. The SMILES string of the molecule is CC(=O)N1CCN(c2ccc(OCC(=O)Nc3ccccc3Sc3ccc(Cl)cc3)cc2)CC1. The van der Waals surface area contributed by atoms with Crippen LogP contribution in [0.1, 0.15) is 6.92 Å². The molecule has 1 heterocycles. The van der Waals surface area contributed by atoms with Crippen molar-refractivity contribution >= 4 is 46.6 Å². The zero-order valence-electron chi connectivity index (χ0n) is 18.9. The first-order valence-electron chi connectivity index (χ1n) is 11.0. The summed E-state index contributed by atoms with van der Waals surface area (Å²) in [5.74, 6) is 0.520. The molecule has 1 fully saturated rings. The first kappa shape index (κ1) is 24.0. The number of hydrogen-bond donors (Lipinski definition) is 1. The molecule has 0 saturated carbocycles. The summed E-state index contributed by atoms with van der Waals surface area (Å²) in [6.45, 7) is 4.58. The third kappa shape index (κ3) is 6.46. The average Bonchev–Trinajstić information content (AvgIpc) is 2.86. The van der Waals surface area contributed by atoms with Crippen molar-refractivity contribution in [1.82, 2.24) is 4.90 Å². The van der Waals surface area contributed by atoms with Crippen LogP contribution in [0.5, 0.6) is 5.75 Å². The molecule has 1 saturated heterocycles. The number of nitrogens with one attached hydrogen (secondary N) is 1. The van der Waals surface area contributed by atoms with Crippen LogP contribution in [0.25, 0.3) is 0 Å². The number of piperazine rings is 1. The van der Waals surface area contributed by atoms with Gasteiger partial charge >= 0.3 is 0 Å². The van der Waals surface area contributed by atoms with Crippen LogP contribution >= 0.6 is 23.4 Å². The monoisotopic (exact) mass is 495 g/mol. The van der Waals surface area contributed by atoms with E-state index >= 15 is 0 Å². The van der Waals surface area contributed by atoms with Crippen molar-refractivity contribution < 1.29 is 14.3 Å². The Bertz CT molecular complexity index is 1130. The normalized spacial score (nSPS) is 13.5. The van der Waals surface area contributed by atoms with E-state index in [4.69, 9.17) is 16.3 Å². The zero-order chi connectivity index (χ0) is 23.9. The molecule has 0 atom stereocenters. The number of anilines is 2. The maximum Gasteiger partial charge on any atom is 0.262 e. The van der Waals surface area contributed by atoms with Crippen molar-refractivity contribution in [3.63, 3.8) is 0 Å². The van der Waals surface area contributed by atoms with E-state index in [1.54, 1.807) is 18.7 Å². The fourth-order valence-electron chi connectivity index (χ4n) is 3.66. The highest BCUT2D eigenvalue weighted by Crippen LogP contribution is 2.34. The Balaban J connectivity index is 1.29. The van der Waals surface area contributed by atoms with Crippen LogP contribution in [0, 0.1) is 0 Å². The molecule has 34 heavy (non-hydrogen) atoms. The highest BCUT2D eigenvalue weighted by atomic mass is 35.5. The van der Waals surface area contributed by atoms with Gasteiger partial charge in [-0.05, 0) is 60.7 Å². The van der Waals surface area contributed by atoms with Crippen LogP contribution in [0.2, 0.25) is 5.02 Å². The lowest BCUT2D eigenvalue weighted by molar-refractivity contribution is -0.129. The van der Waals surface area contributed by atoms with Crippen LogP contribution in [0.3, 0.4) is 0 Å². The van der Waals surface area contributed by atoms with Crippen LogP contribution in [0.4, 0.5) is 11.4 Å².